The molecule has 5 rings (SSSR count). The van der Waals surface area contributed by atoms with Crippen molar-refractivity contribution in [1.82, 2.24) is 20.4 Å². The van der Waals surface area contributed by atoms with E-state index in [9.17, 15) is 37.1 Å². The molecule has 2 fully saturated rings. The van der Waals surface area contributed by atoms with Gasteiger partial charge in [-0.1, -0.05) is 11.8 Å². The maximum Gasteiger partial charge on any atom is 0.416 e. The third kappa shape index (κ3) is 9.15. The highest BCUT2D eigenvalue weighted by atomic mass is 19.4. The molecule has 0 bridgehead atoms. The van der Waals surface area contributed by atoms with Crippen LogP contribution in [0.15, 0.2) is 48.2 Å². The number of rotatable bonds is 13. The zero-order valence-corrected chi connectivity index (χ0v) is 30.1. The molecular formula is C38H42F3N7O6. The normalized spacial score (nSPS) is 17.2. The number of morpholine rings is 1. The van der Waals surface area contributed by atoms with Gasteiger partial charge in [0.05, 0.1) is 47.4 Å². The second-order valence-electron chi connectivity index (χ2n) is 13.7. The van der Waals surface area contributed by atoms with Crippen LogP contribution in [-0.4, -0.2) is 104 Å². The first kappa shape index (κ1) is 39.7. The van der Waals surface area contributed by atoms with Crippen LogP contribution >= 0.6 is 0 Å². The van der Waals surface area contributed by atoms with Crippen molar-refractivity contribution < 1.29 is 41.9 Å². The number of nitrogens with one attached hydrogen (secondary N) is 4. The van der Waals surface area contributed by atoms with Crippen molar-refractivity contribution in [3.63, 3.8) is 0 Å². The Morgan fingerprint density at radius 2 is 1.76 bits per heavy atom. The number of amides is 4. The Labute approximate surface area is 310 Å². The van der Waals surface area contributed by atoms with E-state index < -0.39 is 41.0 Å². The van der Waals surface area contributed by atoms with Gasteiger partial charge in [0.25, 0.3) is 11.8 Å². The Kier molecular flexibility index (Phi) is 12.2. The molecule has 0 aliphatic carbocycles. The van der Waals surface area contributed by atoms with Gasteiger partial charge < -0.3 is 35.8 Å². The summed E-state index contributed by atoms with van der Waals surface area (Å²) in [5.41, 5.74) is -0.100. The molecule has 4 amide bonds. The monoisotopic (exact) mass is 749 g/mol. The number of allylic oxidation sites excluding steroid dienone is 1. The van der Waals surface area contributed by atoms with E-state index in [1.54, 1.807) is 32.0 Å². The fourth-order valence-electron chi connectivity index (χ4n) is 6.11. The number of carbonyl (C=O) groups is 5. The Hall–Kier alpha value is -5.53. The van der Waals surface area contributed by atoms with E-state index in [0.717, 1.165) is 23.2 Å². The number of ether oxygens (including phenoxy) is 1. The quantitative estimate of drug-likeness (QED) is 0.104. The zero-order chi connectivity index (χ0) is 39.2. The predicted molar refractivity (Wildman–Crippen MR) is 194 cm³/mol. The average molecular weight is 750 g/mol. The van der Waals surface area contributed by atoms with E-state index in [-0.39, 0.29) is 48.0 Å². The number of halogens is 3. The van der Waals surface area contributed by atoms with Crippen molar-refractivity contribution in [3.8, 4) is 11.8 Å². The van der Waals surface area contributed by atoms with Crippen LogP contribution in [0.5, 0.6) is 0 Å². The molecule has 16 heteroatoms. The molecule has 3 aliphatic heterocycles. The second kappa shape index (κ2) is 16.6. The van der Waals surface area contributed by atoms with Gasteiger partial charge in [0.2, 0.25) is 11.8 Å². The van der Waals surface area contributed by atoms with Gasteiger partial charge in [-0.25, -0.2) is 0 Å². The lowest BCUT2D eigenvalue weighted by molar-refractivity contribution is -0.137. The largest absolute Gasteiger partial charge is 0.416 e. The molecule has 286 valence electrons. The average Bonchev–Trinajstić information content (AvgIpc) is 3.37. The Morgan fingerprint density at radius 1 is 1.06 bits per heavy atom. The van der Waals surface area contributed by atoms with Gasteiger partial charge in [-0.3, -0.25) is 29.0 Å². The van der Waals surface area contributed by atoms with Gasteiger partial charge in [-0.2, -0.15) is 13.2 Å². The number of alkyl halides is 3. The molecular weight excluding hydrogens is 707 g/mol. The number of imide groups is 1. The van der Waals surface area contributed by atoms with Crippen LogP contribution in [0.25, 0.3) is 0 Å². The van der Waals surface area contributed by atoms with Crippen LogP contribution in [0, 0.1) is 23.2 Å². The number of carbonyl (C=O) groups excluding carboxylic acids is 5. The van der Waals surface area contributed by atoms with E-state index in [0.29, 0.717) is 62.5 Å². The summed E-state index contributed by atoms with van der Waals surface area (Å²) < 4.78 is 45.9. The number of benzene rings is 2. The van der Waals surface area contributed by atoms with Gasteiger partial charge in [0.1, 0.15) is 11.8 Å². The highest BCUT2D eigenvalue weighted by Crippen LogP contribution is 2.34. The van der Waals surface area contributed by atoms with E-state index in [2.05, 4.69) is 27.8 Å². The first-order chi connectivity index (χ1) is 25.6. The van der Waals surface area contributed by atoms with E-state index in [1.807, 2.05) is 9.80 Å². The summed E-state index contributed by atoms with van der Waals surface area (Å²) in [5.74, 6) is 3.97. The minimum atomic E-state index is -4.54. The van der Waals surface area contributed by atoms with Crippen LogP contribution in [-0.2, 0) is 31.8 Å². The molecule has 0 aromatic heterocycles. The third-order valence-electron chi connectivity index (χ3n) is 9.49. The molecule has 1 unspecified atom stereocenters. The van der Waals surface area contributed by atoms with Crippen LogP contribution in [0.1, 0.15) is 58.5 Å². The van der Waals surface area contributed by atoms with Crippen LogP contribution in [0.3, 0.4) is 0 Å². The molecule has 54 heavy (non-hydrogen) atoms. The van der Waals surface area contributed by atoms with Gasteiger partial charge in [-0.05, 0) is 62.2 Å². The van der Waals surface area contributed by atoms with Crippen molar-refractivity contribution in [3.05, 3.63) is 70.4 Å². The Bertz CT molecular complexity index is 1910. The van der Waals surface area contributed by atoms with Gasteiger partial charge in [0, 0.05) is 70.0 Å². The third-order valence-corrected chi connectivity index (χ3v) is 9.49. The van der Waals surface area contributed by atoms with Gasteiger partial charge >= 0.3 is 6.18 Å². The van der Waals surface area contributed by atoms with Crippen molar-refractivity contribution in [2.75, 3.05) is 56.7 Å². The molecule has 2 aromatic rings. The molecule has 13 nitrogen and oxygen atoms in total. The summed E-state index contributed by atoms with van der Waals surface area (Å²) in [6, 6.07) is 7.05. The Balaban J connectivity index is 1.19. The number of fused-ring (bicyclic) bond motifs is 1. The molecule has 0 saturated carbocycles. The van der Waals surface area contributed by atoms with E-state index in [4.69, 9.17) is 10.1 Å². The summed E-state index contributed by atoms with van der Waals surface area (Å²) in [7, 11) is 1.46. The summed E-state index contributed by atoms with van der Waals surface area (Å²) in [6.07, 6.45) is -1.57. The van der Waals surface area contributed by atoms with E-state index in [1.165, 1.54) is 19.3 Å². The fourth-order valence-corrected chi connectivity index (χ4v) is 6.11. The van der Waals surface area contributed by atoms with Crippen molar-refractivity contribution in [2.24, 2.45) is 5.92 Å². The van der Waals surface area contributed by atoms with Crippen LogP contribution in [0.4, 0.5) is 24.5 Å². The standard InChI is InChI=1S/C38H42F3N7O6/c1-37(2,36(53)45-32-10-6-27(38(39,40)41)16-26(32)22-46-12-14-54-15-13-46)44-19-24(18-42)4-5-25-20-47(21-25)28-7-9-30-31(17-28)35(52)48(34(30)51)29(23-49)8-11-33(50)43-3/h6-7,9-10,16-19,23,25,29,42,44H,8,11-15,20-22H2,1-3H3,(H,43,50)(H,45,53)/b24-19-,42-18?. The fraction of sp³-hybridized carbons (Fsp3) is 0.421. The lowest BCUT2D eigenvalue weighted by Gasteiger charge is -2.38. The van der Waals surface area contributed by atoms with Crippen molar-refractivity contribution >= 4 is 47.5 Å². The predicted octanol–water partition coefficient (Wildman–Crippen LogP) is 3.21. The van der Waals surface area contributed by atoms with Crippen molar-refractivity contribution in [2.45, 2.75) is 51.0 Å². The van der Waals surface area contributed by atoms with Gasteiger partial charge in [-0.15, -0.1) is 0 Å². The second-order valence-corrected chi connectivity index (χ2v) is 13.7. The smallest absolute Gasteiger partial charge is 0.379 e. The lowest BCUT2D eigenvalue weighted by atomic mass is 9.98. The first-order valence-corrected chi connectivity index (χ1v) is 17.4. The molecule has 0 spiro atoms. The SMILES string of the molecule is CNC(=O)CCC(C=O)N1C(=O)c2ccc(N3CC(C#C/C(C=N)=C/NC(C)(C)C(=O)Nc4ccc(C(F)(F)F)cc4CN4CCOCC4)C3)cc2C1=O. The number of anilines is 2. The maximum absolute atomic E-state index is 13.5. The molecule has 2 saturated heterocycles. The minimum Gasteiger partial charge on any atom is -0.379 e. The van der Waals surface area contributed by atoms with Crippen LogP contribution < -0.4 is 20.9 Å². The number of hydrogen-bond donors (Lipinski definition) is 4. The highest BCUT2D eigenvalue weighted by Gasteiger charge is 2.41. The summed E-state index contributed by atoms with van der Waals surface area (Å²) in [6.45, 7) is 6.45. The van der Waals surface area contributed by atoms with E-state index >= 15 is 0 Å². The minimum absolute atomic E-state index is 0.0136. The molecule has 4 N–H and O–H groups in total. The van der Waals surface area contributed by atoms with Gasteiger partial charge in [0.15, 0.2) is 0 Å². The molecule has 3 aliphatic rings. The summed E-state index contributed by atoms with van der Waals surface area (Å²) >= 11 is 0. The molecule has 0 radical (unpaired) electrons. The number of hydrogen-bond acceptors (Lipinski definition) is 10. The molecule has 1 atom stereocenters. The van der Waals surface area contributed by atoms with Crippen LogP contribution in [0.2, 0.25) is 0 Å². The maximum atomic E-state index is 13.5. The Morgan fingerprint density at radius 3 is 2.41 bits per heavy atom. The number of aldehydes is 1. The summed E-state index contributed by atoms with van der Waals surface area (Å²) in [4.78, 5) is 67.8. The lowest BCUT2D eigenvalue weighted by Crippen LogP contribution is -2.47. The first-order valence-electron chi connectivity index (χ1n) is 17.4. The zero-order valence-electron chi connectivity index (χ0n) is 30.1. The molecule has 3 heterocycles. The number of nitrogens with zero attached hydrogens (tertiary/aromatic N) is 3. The summed E-state index contributed by atoms with van der Waals surface area (Å²) in [5, 5.41) is 16.0. The topological polar surface area (TPSA) is 164 Å². The highest BCUT2D eigenvalue weighted by molar-refractivity contribution is 6.22. The van der Waals surface area contributed by atoms with Crippen molar-refractivity contribution in [1.29, 1.82) is 5.41 Å². The molecule has 2 aromatic carbocycles.